The zero-order valence-electron chi connectivity index (χ0n) is 10.3. The minimum atomic E-state index is -0.520. The van der Waals surface area contributed by atoms with E-state index in [-0.39, 0.29) is 17.6 Å². The average Bonchev–Trinajstić information content (AvgIpc) is 2.78. The molecule has 0 aliphatic heterocycles. The monoisotopic (exact) mass is 264 g/mol. The van der Waals surface area contributed by atoms with E-state index < -0.39 is 11.0 Å². The highest BCUT2D eigenvalue weighted by atomic mass is 16.6. The van der Waals surface area contributed by atoms with Crippen LogP contribution in [0.4, 0.5) is 11.7 Å². The van der Waals surface area contributed by atoms with Crippen LogP contribution in [0.25, 0.3) is 11.1 Å². The number of carbonyl (C=O) groups is 1. The van der Waals surface area contributed by atoms with Gasteiger partial charge in [-0.2, -0.15) is 4.98 Å². The molecule has 0 aliphatic carbocycles. The van der Waals surface area contributed by atoms with Crippen LogP contribution in [0.1, 0.15) is 6.92 Å². The Morgan fingerprint density at radius 2 is 2.26 bits per heavy atom. The van der Waals surface area contributed by atoms with Crippen LogP contribution < -0.4 is 10.6 Å². The molecule has 0 saturated heterocycles. The Hall–Kier alpha value is -2.64. The molecule has 0 aliphatic rings. The van der Waals surface area contributed by atoms with Crippen LogP contribution in [0.2, 0.25) is 0 Å². The molecule has 1 atom stereocenters. The summed E-state index contributed by atoms with van der Waals surface area (Å²) < 4.78 is 5.32. The van der Waals surface area contributed by atoms with E-state index in [1.807, 2.05) is 0 Å². The van der Waals surface area contributed by atoms with Gasteiger partial charge in [0.05, 0.1) is 11.0 Å². The van der Waals surface area contributed by atoms with Gasteiger partial charge in [-0.25, -0.2) is 0 Å². The summed E-state index contributed by atoms with van der Waals surface area (Å²) in [6.07, 6.45) is 0. The van der Waals surface area contributed by atoms with Crippen molar-refractivity contribution in [1.29, 1.82) is 0 Å². The first-order valence-electron chi connectivity index (χ1n) is 5.54. The van der Waals surface area contributed by atoms with Crippen molar-refractivity contribution in [2.75, 3.05) is 12.4 Å². The van der Waals surface area contributed by atoms with Crippen molar-refractivity contribution >= 4 is 28.7 Å². The van der Waals surface area contributed by atoms with Gasteiger partial charge in [0.15, 0.2) is 5.58 Å². The van der Waals surface area contributed by atoms with Crippen LogP contribution in [0.5, 0.6) is 0 Å². The first-order valence-corrected chi connectivity index (χ1v) is 5.54. The standard InChI is InChI=1S/C11H12N4O4/c1-6(10(16)12-2)13-11-14-8-4-3-7(15(17)18)5-9(8)19-11/h3-6H,1-2H3,(H,12,16)(H,13,14). The molecule has 1 aromatic carbocycles. The number of carbonyl (C=O) groups excluding carboxylic acids is 1. The maximum atomic E-state index is 11.3. The van der Waals surface area contributed by atoms with Gasteiger partial charge in [0.25, 0.3) is 11.7 Å². The lowest BCUT2D eigenvalue weighted by Gasteiger charge is -2.09. The fraction of sp³-hybridized carbons (Fsp3) is 0.273. The summed E-state index contributed by atoms with van der Waals surface area (Å²) >= 11 is 0. The number of hydrogen-bond donors (Lipinski definition) is 2. The quantitative estimate of drug-likeness (QED) is 0.635. The largest absolute Gasteiger partial charge is 0.423 e. The van der Waals surface area contributed by atoms with E-state index >= 15 is 0 Å². The van der Waals surface area contributed by atoms with Crippen molar-refractivity contribution in [1.82, 2.24) is 10.3 Å². The highest BCUT2D eigenvalue weighted by Crippen LogP contribution is 2.23. The van der Waals surface area contributed by atoms with Gasteiger partial charge < -0.3 is 15.1 Å². The van der Waals surface area contributed by atoms with Gasteiger partial charge in [-0.3, -0.25) is 14.9 Å². The lowest BCUT2D eigenvalue weighted by Crippen LogP contribution is -2.35. The van der Waals surface area contributed by atoms with Gasteiger partial charge in [0.2, 0.25) is 5.91 Å². The Morgan fingerprint density at radius 1 is 1.53 bits per heavy atom. The number of likely N-dealkylation sites (N-methyl/N-ethyl adjacent to an activating group) is 1. The first kappa shape index (κ1) is 12.8. The van der Waals surface area contributed by atoms with Gasteiger partial charge >= 0.3 is 0 Å². The molecule has 1 unspecified atom stereocenters. The molecule has 8 nitrogen and oxygen atoms in total. The van der Waals surface area contributed by atoms with Crippen LogP contribution >= 0.6 is 0 Å². The number of amides is 1. The second kappa shape index (κ2) is 4.92. The molecule has 1 amide bonds. The summed E-state index contributed by atoms with van der Waals surface area (Å²) in [5, 5.41) is 15.9. The van der Waals surface area contributed by atoms with Crippen LogP contribution in [-0.2, 0) is 4.79 Å². The maximum Gasteiger partial charge on any atom is 0.296 e. The molecule has 19 heavy (non-hydrogen) atoms. The van der Waals surface area contributed by atoms with Gasteiger partial charge in [-0.05, 0) is 13.0 Å². The fourth-order valence-corrected chi connectivity index (χ4v) is 1.56. The molecule has 1 aromatic heterocycles. The van der Waals surface area contributed by atoms with Crippen molar-refractivity contribution in [3.05, 3.63) is 28.3 Å². The van der Waals surface area contributed by atoms with Crippen LogP contribution in [0.15, 0.2) is 22.6 Å². The molecule has 2 rings (SSSR count). The fourth-order valence-electron chi connectivity index (χ4n) is 1.56. The molecule has 100 valence electrons. The van der Waals surface area contributed by atoms with Crippen molar-refractivity contribution < 1.29 is 14.1 Å². The van der Waals surface area contributed by atoms with Crippen molar-refractivity contribution in [2.24, 2.45) is 0 Å². The topological polar surface area (TPSA) is 110 Å². The Balaban J connectivity index is 2.26. The van der Waals surface area contributed by atoms with E-state index in [1.165, 1.54) is 25.2 Å². The number of rotatable bonds is 4. The first-order chi connectivity index (χ1) is 9.01. The SMILES string of the molecule is CNC(=O)C(C)Nc1nc2ccc([N+](=O)[O-])cc2o1. The van der Waals surface area contributed by atoms with Crippen LogP contribution in [-0.4, -0.2) is 28.9 Å². The second-order valence-corrected chi connectivity index (χ2v) is 3.91. The number of fused-ring (bicyclic) bond motifs is 1. The molecular weight excluding hydrogens is 252 g/mol. The second-order valence-electron chi connectivity index (χ2n) is 3.91. The van der Waals surface area contributed by atoms with E-state index in [0.717, 1.165) is 0 Å². The highest BCUT2D eigenvalue weighted by molar-refractivity contribution is 5.84. The predicted octanol–water partition coefficient (Wildman–Crippen LogP) is 1.28. The number of anilines is 1. The molecule has 2 aromatic rings. The lowest BCUT2D eigenvalue weighted by atomic mass is 10.3. The van der Waals surface area contributed by atoms with Crippen LogP contribution in [0.3, 0.4) is 0 Å². The normalized spacial score (nSPS) is 12.1. The Morgan fingerprint density at radius 3 is 2.89 bits per heavy atom. The number of aromatic nitrogens is 1. The maximum absolute atomic E-state index is 11.3. The number of nitrogens with one attached hydrogen (secondary N) is 2. The Bertz CT molecular complexity index is 637. The summed E-state index contributed by atoms with van der Waals surface area (Å²) in [7, 11) is 1.52. The van der Waals surface area contributed by atoms with Crippen molar-refractivity contribution in [3.63, 3.8) is 0 Å². The molecule has 0 spiro atoms. The smallest absolute Gasteiger partial charge is 0.296 e. The highest BCUT2D eigenvalue weighted by Gasteiger charge is 2.15. The number of non-ortho nitro benzene ring substituents is 1. The molecule has 1 heterocycles. The van der Waals surface area contributed by atoms with Gasteiger partial charge in [0, 0.05) is 13.1 Å². The van der Waals surface area contributed by atoms with Crippen molar-refractivity contribution in [2.45, 2.75) is 13.0 Å². The van der Waals surface area contributed by atoms with E-state index in [1.54, 1.807) is 6.92 Å². The summed E-state index contributed by atoms with van der Waals surface area (Å²) in [4.78, 5) is 25.6. The predicted molar refractivity (Wildman–Crippen MR) is 67.8 cm³/mol. The van der Waals surface area contributed by atoms with E-state index in [4.69, 9.17) is 4.42 Å². The number of nitro benzene ring substituents is 1. The summed E-state index contributed by atoms with van der Waals surface area (Å²) in [6.45, 7) is 1.65. The van der Waals surface area contributed by atoms with E-state index in [2.05, 4.69) is 15.6 Å². The molecular formula is C11H12N4O4. The van der Waals surface area contributed by atoms with E-state index in [9.17, 15) is 14.9 Å². The molecule has 8 heteroatoms. The van der Waals surface area contributed by atoms with Gasteiger partial charge in [-0.1, -0.05) is 0 Å². The molecule has 0 bridgehead atoms. The number of hydrogen-bond acceptors (Lipinski definition) is 6. The summed E-state index contributed by atoms with van der Waals surface area (Å²) in [6, 6.07) is 3.75. The van der Waals surface area contributed by atoms with Gasteiger partial charge in [-0.15, -0.1) is 0 Å². The van der Waals surface area contributed by atoms with Crippen molar-refractivity contribution in [3.8, 4) is 0 Å². The third-order valence-corrected chi connectivity index (χ3v) is 2.56. The number of oxazole rings is 1. The third kappa shape index (κ3) is 2.62. The number of benzene rings is 1. The van der Waals surface area contributed by atoms with E-state index in [0.29, 0.717) is 11.1 Å². The summed E-state index contributed by atoms with van der Waals surface area (Å²) in [5.41, 5.74) is 0.701. The summed E-state index contributed by atoms with van der Waals surface area (Å²) in [5.74, 6) is -0.215. The van der Waals surface area contributed by atoms with Crippen LogP contribution in [0, 0.1) is 10.1 Å². The minimum absolute atomic E-state index is 0.0745. The third-order valence-electron chi connectivity index (χ3n) is 2.56. The average molecular weight is 264 g/mol. The molecule has 0 fully saturated rings. The zero-order chi connectivity index (χ0) is 14.0. The lowest BCUT2D eigenvalue weighted by molar-refractivity contribution is -0.384. The number of nitrogens with zero attached hydrogens (tertiary/aromatic N) is 2. The molecule has 0 radical (unpaired) electrons. The Labute approximate surface area is 108 Å². The Kier molecular flexibility index (Phi) is 3.32. The number of nitro groups is 1. The molecule has 2 N–H and O–H groups in total. The zero-order valence-corrected chi connectivity index (χ0v) is 10.3. The minimum Gasteiger partial charge on any atom is -0.423 e. The van der Waals surface area contributed by atoms with Gasteiger partial charge in [0.1, 0.15) is 11.6 Å². The molecule has 0 saturated carbocycles.